The van der Waals surface area contributed by atoms with Crippen LogP contribution in [0, 0.1) is 5.92 Å². The van der Waals surface area contributed by atoms with Gasteiger partial charge in [-0.25, -0.2) is 18.1 Å². The summed E-state index contributed by atoms with van der Waals surface area (Å²) in [6, 6.07) is 0. The molecule has 1 heterocycles. The van der Waals surface area contributed by atoms with E-state index in [0.717, 1.165) is 19.3 Å². The van der Waals surface area contributed by atoms with Gasteiger partial charge in [0, 0.05) is 13.6 Å². The molecule has 0 saturated heterocycles. The van der Waals surface area contributed by atoms with Crippen molar-refractivity contribution in [2.24, 2.45) is 13.0 Å². The molecule has 6 nitrogen and oxygen atoms in total. The van der Waals surface area contributed by atoms with Crippen molar-refractivity contribution in [3.63, 3.8) is 0 Å². The molecule has 2 rings (SSSR count). The number of nitrogens with one attached hydrogen (secondary N) is 1. The van der Waals surface area contributed by atoms with Crippen LogP contribution in [0.5, 0.6) is 0 Å². The van der Waals surface area contributed by atoms with Gasteiger partial charge in [0.05, 0.1) is 11.9 Å². The molecule has 120 valence electrons. The van der Waals surface area contributed by atoms with E-state index in [1.165, 1.54) is 10.9 Å². The van der Waals surface area contributed by atoms with E-state index in [-0.39, 0.29) is 16.7 Å². The van der Waals surface area contributed by atoms with Gasteiger partial charge in [-0.15, -0.1) is 0 Å². The third-order valence-electron chi connectivity index (χ3n) is 4.29. The Kier molecular flexibility index (Phi) is 4.97. The molecule has 1 saturated carbocycles. The van der Waals surface area contributed by atoms with Crippen LogP contribution in [0.2, 0.25) is 5.15 Å². The minimum absolute atomic E-state index is 0.00132. The van der Waals surface area contributed by atoms with Crippen LogP contribution in [0.4, 0.5) is 0 Å². The minimum atomic E-state index is -3.80. The lowest BCUT2D eigenvalue weighted by Gasteiger charge is -2.35. The van der Waals surface area contributed by atoms with Crippen LogP contribution < -0.4 is 4.72 Å². The van der Waals surface area contributed by atoms with Crippen molar-refractivity contribution in [2.45, 2.75) is 49.7 Å². The summed E-state index contributed by atoms with van der Waals surface area (Å²) in [7, 11) is -2.18. The van der Waals surface area contributed by atoms with Gasteiger partial charge in [0.25, 0.3) is 10.0 Å². The first-order valence-electron chi connectivity index (χ1n) is 7.16. The van der Waals surface area contributed by atoms with Gasteiger partial charge >= 0.3 is 0 Å². The number of aromatic nitrogens is 2. The van der Waals surface area contributed by atoms with Crippen molar-refractivity contribution in [3.05, 3.63) is 11.5 Å². The van der Waals surface area contributed by atoms with E-state index in [9.17, 15) is 13.5 Å². The van der Waals surface area contributed by atoms with Gasteiger partial charge in [0.15, 0.2) is 0 Å². The maximum absolute atomic E-state index is 12.2. The quantitative estimate of drug-likeness (QED) is 0.857. The summed E-state index contributed by atoms with van der Waals surface area (Å²) in [5, 5.41) is 10.3. The summed E-state index contributed by atoms with van der Waals surface area (Å²) < 4.78 is 28.2. The Morgan fingerprint density at radius 2 is 2.14 bits per heavy atom. The van der Waals surface area contributed by atoms with Crippen LogP contribution in [0.25, 0.3) is 0 Å². The normalized spacial score (nSPS) is 27.0. The van der Waals surface area contributed by atoms with E-state index in [2.05, 4.69) is 16.6 Å². The number of aliphatic hydroxyl groups is 1. The smallest absolute Gasteiger partial charge is 0.261 e. The molecule has 0 unspecified atom stereocenters. The zero-order valence-corrected chi connectivity index (χ0v) is 13.9. The summed E-state index contributed by atoms with van der Waals surface area (Å²) in [4.78, 5) is 3.80. The van der Waals surface area contributed by atoms with E-state index in [4.69, 9.17) is 11.6 Å². The van der Waals surface area contributed by atoms with Gasteiger partial charge in [-0.1, -0.05) is 24.9 Å². The number of imidazole rings is 1. The molecule has 1 aromatic heterocycles. The van der Waals surface area contributed by atoms with E-state index in [1.807, 2.05) is 0 Å². The molecule has 2 N–H and O–H groups in total. The van der Waals surface area contributed by atoms with Crippen molar-refractivity contribution >= 4 is 21.6 Å². The Balaban J connectivity index is 2.01. The summed E-state index contributed by atoms with van der Waals surface area (Å²) in [6.07, 6.45) is 5.54. The molecule has 21 heavy (non-hydrogen) atoms. The number of rotatable bonds is 5. The summed E-state index contributed by atoms with van der Waals surface area (Å²) >= 11 is 5.91. The molecule has 0 atom stereocenters. The van der Waals surface area contributed by atoms with Crippen LogP contribution in [0.1, 0.15) is 39.0 Å². The highest BCUT2D eigenvalue weighted by Crippen LogP contribution is 2.33. The van der Waals surface area contributed by atoms with Gasteiger partial charge < -0.3 is 9.67 Å². The molecule has 0 aliphatic heterocycles. The number of aryl methyl sites for hydroxylation is 1. The topological polar surface area (TPSA) is 84.2 Å². The van der Waals surface area contributed by atoms with Gasteiger partial charge in [0.1, 0.15) is 5.15 Å². The average Bonchev–Trinajstić information content (AvgIpc) is 2.79. The Hall–Kier alpha value is -0.630. The fraction of sp³-hybridized carbons (Fsp3) is 0.769. The SMILES string of the molecule is CCC1CCC(O)(CNS(=O)(=O)c2ncn(C)c2Cl)CC1. The van der Waals surface area contributed by atoms with Gasteiger partial charge in [-0.3, -0.25) is 0 Å². The molecule has 8 heteroatoms. The van der Waals surface area contributed by atoms with Gasteiger partial charge in [-0.05, 0) is 31.6 Å². The summed E-state index contributed by atoms with van der Waals surface area (Å²) in [5.74, 6) is 0.632. The van der Waals surface area contributed by atoms with E-state index in [1.54, 1.807) is 7.05 Å². The van der Waals surface area contributed by atoms with Gasteiger partial charge in [-0.2, -0.15) is 0 Å². The second-order valence-corrected chi connectivity index (χ2v) is 7.89. The van der Waals surface area contributed by atoms with Crippen LogP contribution in [-0.4, -0.2) is 35.2 Å². The lowest BCUT2D eigenvalue weighted by Crippen LogP contribution is -2.45. The molecule has 0 amide bonds. The molecular formula is C13H22ClN3O3S. The third-order valence-corrected chi connectivity index (χ3v) is 6.18. The maximum atomic E-state index is 12.2. The fourth-order valence-corrected chi connectivity index (χ4v) is 4.22. The predicted octanol–water partition coefficient (Wildman–Crippen LogP) is 1.68. The van der Waals surface area contributed by atoms with Gasteiger partial charge in [0.2, 0.25) is 5.03 Å². The summed E-state index contributed by atoms with van der Waals surface area (Å²) in [6.45, 7) is 2.14. The monoisotopic (exact) mass is 335 g/mol. The van der Waals surface area contributed by atoms with Crippen molar-refractivity contribution in [1.82, 2.24) is 14.3 Å². The lowest BCUT2D eigenvalue weighted by atomic mass is 9.78. The van der Waals surface area contributed by atoms with Crippen molar-refractivity contribution in [1.29, 1.82) is 0 Å². The predicted molar refractivity (Wildman–Crippen MR) is 80.6 cm³/mol. The fourth-order valence-electron chi connectivity index (χ4n) is 2.67. The zero-order chi connectivity index (χ0) is 15.7. The maximum Gasteiger partial charge on any atom is 0.261 e. The molecule has 0 spiro atoms. The molecule has 0 radical (unpaired) electrons. The molecule has 1 aliphatic carbocycles. The molecule has 1 aliphatic rings. The minimum Gasteiger partial charge on any atom is -0.389 e. The molecule has 0 aromatic carbocycles. The first-order valence-corrected chi connectivity index (χ1v) is 9.02. The molecule has 0 bridgehead atoms. The second kappa shape index (κ2) is 6.24. The number of hydrogen-bond donors (Lipinski definition) is 2. The first-order chi connectivity index (χ1) is 9.77. The van der Waals surface area contributed by atoms with E-state index >= 15 is 0 Å². The standard InChI is InChI=1S/C13H22ClN3O3S/c1-3-10-4-6-13(18,7-5-10)8-16-21(19,20)12-11(14)17(2)9-15-12/h9-10,16,18H,3-8H2,1-2H3. The number of halogens is 1. The van der Waals surface area contributed by atoms with E-state index in [0.29, 0.717) is 18.8 Å². The lowest BCUT2D eigenvalue weighted by molar-refractivity contribution is -0.00443. The number of hydrogen-bond acceptors (Lipinski definition) is 4. The van der Waals surface area contributed by atoms with Crippen LogP contribution in [0.3, 0.4) is 0 Å². The highest BCUT2D eigenvalue weighted by molar-refractivity contribution is 7.89. The molecule has 1 fully saturated rings. The molecule has 1 aromatic rings. The first kappa shape index (κ1) is 16.7. The van der Waals surface area contributed by atoms with Crippen LogP contribution >= 0.6 is 11.6 Å². The highest BCUT2D eigenvalue weighted by Gasteiger charge is 2.34. The van der Waals surface area contributed by atoms with Crippen LogP contribution in [-0.2, 0) is 17.1 Å². The summed E-state index contributed by atoms with van der Waals surface area (Å²) in [5.41, 5.74) is -0.972. The highest BCUT2D eigenvalue weighted by atomic mass is 35.5. The van der Waals surface area contributed by atoms with Crippen molar-refractivity contribution < 1.29 is 13.5 Å². The van der Waals surface area contributed by atoms with Crippen molar-refractivity contribution in [3.8, 4) is 0 Å². The largest absolute Gasteiger partial charge is 0.389 e. The zero-order valence-electron chi connectivity index (χ0n) is 12.3. The Morgan fingerprint density at radius 1 is 1.52 bits per heavy atom. The Labute approximate surface area is 130 Å². The third kappa shape index (κ3) is 3.77. The Bertz CT molecular complexity index is 592. The Morgan fingerprint density at radius 3 is 2.62 bits per heavy atom. The van der Waals surface area contributed by atoms with Crippen LogP contribution in [0.15, 0.2) is 11.4 Å². The van der Waals surface area contributed by atoms with E-state index < -0.39 is 15.6 Å². The molecular weight excluding hydrogens is 314 g/mol. The second-order valence-electron chi connectivity index (χ2n) is 5.85. The van der Waals surface area contributed by atoms with Crippen molar-refractivity contribution in [2.75, 3.05) is 6.54 Å². The number of nitrogens with zero attached hydrogens (tertiary/aromatic N) is 2. The average molecular weight is 336 g/mol. The number of sulfonamides is 1.